The molecule has 0 aromatic heterocycles. The summed E-state index contributed by atoms with van der Waals surface area (Å²) in [6, 6.07) is 9.84. The van der Waals surface area contributed by atoms with Gasteiger partial charge < -0.3 is 4.74 Å². The summed E-state index contributed by atoms with van der Waals surface area (Å²) >= 11 is 0. The highest BCUT2D eigenvalue weighted by Crippen LogP contribution is 2.05. The van der Waals surface area contributed by atoms with Crippen LogP contribution in [0.4, 0.5) is 4.79 Å². The van der Waals surface area contributed by atoms with Gasteiger partial charge in [-0.3, -0.25) is 0 Å². The highest BCUT2D eigenvalue weighted by atomic mass is 16.6. The summed E-state index contributed by atoms with van der Waals surface area (Å²) < 4.78 is 5.04. The highest BCUT2D eigenvalue weighted by Gasteiger charge is 2.15. The molecule has 94 valence electrons. The molecule has 1 aromatic rings. The first-order valence-corrected chi connectivity index (χ1v) is 5.48. The second kappa shape index (κ2) is 6.22. The van der Waals surface area contributed by atoms with E-state index in [2.05, 4.69) is 16.4 Å². The number of carbonyl (C=O) groups excluding carboxylic acids is 1. The fourth-order valence-corrected chi connectivity index (χ4v) is 1.14. The summed E-state index contributed by atoms with van der Waals surface area (Å²) in [6.07, 6.45) is -0.516. The SMILES string of the molecule is CC(C)(C)OC(=O)NNNCc1ccccc1. The van der Waals surface area contributed by atoms with Crippen molar-refractivity contribution in [2.75, 3.05) is 0 Å². The van der Waals surface area contributed by atoms with Crippen LogP contribution in [0.1, 0.15) is 26.3 Å². The van der Waals surface area contributed by atoms with Gasteiger partial charge >= 0.3 is 6.09 Å². The van der Waals surface area contributed by atoms with Gasteiger partial charge in [0.15, 0.2) is 0 Å². The zero-order chi connectivity index (χ0) is 12.7. The van der Waals surface area contributed by atoms with E-state index in [0.29, 0.717) is 6.54 Å². The van der Waals surface area contributed by atoms with Gasteiger partial charge in [-0.1, -0.05) is 30.3 Å². The summed E-state index contributed by atoms with van der Waals surface area (Å²) in [5, 5.41) is 0. The van der Waals surface area contributed by atoms with Crippen molar-refractivity contribution in [3.8, 4) is 0 Å². The number of nitrogens with one attached hydrogen (secondary N) is 3. The highest BCUT2D eigenvalue weighted by molar-refractivity contribution is 5.66. The fraction of sp³-hybridized carbons (Fsp3) is 0.417. The summed E-state index contributed by atoms with van der Waals surface area (Å²) in [7, 11) is 0. The van der Waals surface area contributed by atoms with Gasteiger partial charge in [-0.15, -0.1) is 0 Å². The van der Waals surface area contributed by atoms with Crippen LogP contribution in [0.25, 0.3) is 0 Å². The number of hydrazine groups is 2. The number of benzene rings is 1. The number of carbonyl (C=O) groups is 1. The average Bonchev–Trinajstić information content (AvgIpc) is 2.23. The van der Waals surface area contributed by atoms with Gasteiger partial charge in [0.25, 0.3) is 0 Å². The molecule has 5 heteroatoms. The molecular formula is C12H19N3O2. The number of ether oxygens (including phenoxy) is 1. The minimum Gasteiger partial charge on any atom is -0.443 e. The van der Waals surface area contributed by atoms with E-state index in [1.165, 1.54) is 0 Å². The van der Waals surface area contributed by atoms with Gasteiger partial charge in [-0.2, -0.15) is 5.53 Å². The van der Waals surface area contributed by atoms with E-state index in [4.69, 9.17) is 4.74 Å². The second-order valence-electron chi connectivity index (χ2n) is 4.59. The Morgan fingerprint density at radius 3 is 2.47 bits per heavy atom. The number of rotatable bonds is 4. The topological polar surface area (TPSA) is 62.4 Å². The van der Waals surface area contributed by atoms with Crippen LogP contribution in [-0.4, -0.2) is 11.7 Å². The van der Waals surface area contributed by atoms with Crippen LogP contribution in [0, 0.1) is 0 Å². The van der Waals surface area contributed by atoms with Crippen molar-refractivity contribution in [1.29, 1.82) is 0 Å². The molecular weight excluding hydrogens is 218 g/mol. The maximum atomic E-state index is 11.2. The molecule has 0 aliphatic carbocycles. The van der Waals surface area contributed by atoms with Crippen LogP contribution < -0.4 is 16.4 Å². The first kappa shape index (κ1) is 13.5. The molecule has 1 amide bonds. The molecule has 0 bridgehead atoms. The monoisotopic (exact) mass is 237 g/mol. The van der Waals surface area contributed by atoms with E-state index in [1.807, 2.05) is 51.1 Å². The summed E-state index contributed by atoms with van der Waals surface area (Å²) in [4.78, 5) is 11.2. The maximum Gasteiger partial charge on any atom is 0.423 e. The van der Waals surface area contributed by atoms with Crippen LogP contribution in [0.2, 0.25) is 0 Å². The van der Waals surface area contributed by atoms with E-state index in [1.54, 1.807) is 0 Å². The third-order valence-electron chi connectivity index (χ3n) is 1.79. The molecule has 0 saturated carbocycles. The van der Waals surface area contributed by atoms with E-state index in [9.17, 15) is 4.79 Å². The van der Waals surface area contributed by atoms with Crippen LogP contribution >= 0.6 is 0 Å². The van der Waals surface area contributed by atoms with E-state index < -0.39 is 11.7 Å². The Morgan fingerprint density at radius 2 is 1.88 bits per heavy atom. The van der Waals surface area contributed by atoms with Crippen molar-refractivity contribution in [2.45, 2.75) is 32.9 Å². The molecule has 5 nitrogen and oxygen atoms in total. The smallest absolute Gasteiger partial charge is 0.423 e. The fourth-order valence-electron chi connectivity index (χ4n) is 1.14. The van der Waals surface area contributed by atoms with Crippen molar-refractivity contribution >= 4 is 6.09 Å². The van der Waals surface area contributed by atoms with Crippen molar-refractivity contribution in [1.82, 2.24) is 16.4 Å². The van der Waals surface area contributed by atoms with Crippen molar-refractivity contribution in [2.24, 2.45) is 0 Å². The van der Waals surface area contributed by atoms with Gasteiger partial charge in [0.2, 0.25) is 0 Å². The molecule has 0 aliphatic heterocycles. The quantitative estimate of drug-likeness (QED) is 0.551. The van der Waals surface area contributed by atoms with E-state index in [-0.39, 0.29) is 0 Å². The van der Waals surface area contributed by atoms with Crippen LogP contribution in [0.5, 0.6) is 0 Å². The molecule has 0 saturated heterocycles. The minimum atomic E-state index is -0.516. The lowest BCUT2D eigenvalue weighted by Crippen LogP contribution is -2.47. The lowest BCUT2D eigenvalue weighted by molar-refractivity contribution is 0.0485. The second-order valence-corrected chi connectivity index (χ2v) is 4.59. The molecule has 0 unspecified atom stereocenters. The third-order valence-corrected chi connectivity index (χ3v) is 1.79. The van der Waals surface area contributed by atoms with Crippen molar-refractivity contribution < 1.29 is 9.53 Å². The molecule has 3 N–H and O–H groups in total. The Morgan fingerprint density at radius 1 is 1.24 bits per heavy atom. The molecule has 1 aromatic carbocycles. The lowest BCUT2D eigenvalue weighted by Gasteiger charge is -2.19. The van der Waals surface area contributed by atoms with Crippen molar-refractivity contribution in [3.63, 3.8) is 0 Å². The lowest BCUT2D eigenvalue weighted by atomic mass is 10.2. The zero-order valence-corrected chi connectivity index (χ0v) is 10.4. The Labute approximate surface area is 101 Å². The summed E-state index contributed by atoms with van der Waals surface area (Å²) in [6.45, 7) is 6.04. The largest absolute Gasteiger partial charge is 0.443 e. The van der Waals surface area contributed by atoms with Crippen LogP contribution in [0.15, 0.2) is 30.3 Å². The maximum absolute atomic E-state index is 11.2. The zero-order valence-electron chi connectivity index (χ0n) is 10.4. The van der Waals surface area contributed by atoms with Gasteiger partial charge in [0.1, 0.15) is 5.60 Å². The molecule has 0 heterocycles. The molecule has 17 heavy (non-hydrogen) atoms. The Kier molecular flexibility index (Phi) is 4.93. The standard InChI is InChI=1S/C12H19N3O2/c1-12(2,3)17-11(16)14-15-13-9-10-7-5-4-6-8-10/h4-8,13,15H,9H2,1-3H3,(H,14,16). The number of hydrogen-bond acceptors (Lipinski definition) is 4. The van der Waals surface area contributed by atoms with Gasteiger partial charge in [0.05, 0.1) is 0 Å². The predicted molar refractivity (Wildman–Crippen MR) is 65.8 cm³/mol. The molecule has 1 rings (SSSR count). The first-order valence-electron chi connectivity index (χ1n) is 5.48. The Balaban J connectivity index is 2.14. The van der Waals surface area contributed by atoms with Gasteiger partial charge in [-0.25, -0.2) is 15.6 Å². The van der Waals surface area contributed by atoms with E-state index >= 15 is 0 Å². The Hall–Kier alpha value is -1.59. The van der Waals surface area contributed by atoms with E-state index in [0.717, 1.165) is 5.56 Å². The third kappa shape index (κ3) is 6.55. The summed E-state index contributed by atoms with van der Waals surface area (Å²) in [5.41, 5.74) is 8.45. The molecule has 0 atom stereocenters. The average molecular weight is 237 g/mol. The minimum absolute atomic E-state index is 0.495. The van der Waals surface area contributed by atoms with Crippen molar-refractivity contribution in [3.05, 3.63) is 35.9 Å². The van der Waals surface area contributed by atoms with Gasteiger partial charge in [0, 0.05) is 6.54 Å². The number of hydrogen-bond donors (Lipinski definition) is 3. The number of amides is 1. The first-order chi connectivity index (χ1) is 7.97. The molecule has 0 fully saturated rings. The predicted octanol–water partition coefficient (Wildman–Crippen LogP) is 1.72. The molecule has 0 aliphatic rings. The molecule has 0 radical (unpaired) electrons. The van der Waals surface area contributed by atoms with Gasteiger partial charge in [-0.05, 0) is 26.3 Å². The van der Waals surface area contributed by atoms with Crippen LogP contribution in [0.3, 0.4) is 0 Å². The summed E-state index contributed by atoms with van der Waals surface area (Å²) in [5.74, 6) is 0. The molecule has 0 spiro atoms. The van der Waals surface area contributed by atoms with Crippen LogP contribution in [-0.2, 0) is 11.3 Å². The normalized spacial score (nSPS) is 11.0. The Bertz CT molecular complexity index is 347.